The molecule has 0 fully saturated rings. The van der Waals surface area contributed by atoms with Crippen molar-refractivity contribution in [2.45, 2.75) is 13.8 Å². The standard InChI is InChI=1S/C8H9NSSe2/c1-4-6-7(5(2)9(4)3)12-8(10)11-6/h1-3H3. The normalized spacial score (nSPS) is 11.2. The van der Waals surface area contributed by atoms with E-state index in [0.717, 1.165) is 0 Å². The van der Waals surface area contributed by atoms with Crippen molar-refractivity contribution in [3.63, 3.8) is 0 Å². The summed E-state index contributed by atoms with van der Waals surface area (Å²) in [4.78, 5) is 0. The fourth-order valence-electron chi connectivity index (χ4n) is 1.31. The van der Waals surface area contributed by atoms with Gasteiger partial charge in [0.2, 0.25) is 0 Å². The fraction of sp³-hybridized carbons (Fsp3) is 0.375. The molecule has 0 atom stereocenters. The van der Waals surface area contributed by atoms with E-state index >= 15 is 0 Å². The average Bonchev–Trinajstić information content (AvgIpc) is 2.49. The Labute approximate surface area is 88.5 Å². The van der Waals surface area contributed by atoms with Crippen molar-refractivity contribution in [3.05, 3.63) is 13.6 Å². The molecular weight excluding hydrogens is 300 g/mol. The van der Waals surface area contributed by atoms with Crippen LogP contribution in [0.2, 0.25) is 0 Å². The predicted octanol–water partition coefficient (Wildman–Crippen LogP) is 1.64. The summed E-state index contributed by atoms with van der Waals surface area (Å²) in [5.74, 6) is 0. The molecule has 2 heterocycles. The molecule has 0 aliphatic carbocycles. The van der Waals surface area contributed by atoms with E-state index in [-0.39, 0.29) is 0 Å². The summed E-state index contributed by atoms with van der Waals surface area (Å²) in [5, 5.41) is 0. The minimum absolute atomic E-state index is 0.501. The molecule has 0 aromatic carbocycles. The van der Waals surface area contributed by atoms with Gasteiger partial charge >= 0.3 is 88.9 Å². The van der Waals surface area contributed by atoms with Gasteiger partial charge in [-0.25, -0.2) is 0 Å². The first kappa shape index (κ1) is 8.98. The Bertz CT molecular complexity index is 448. The third-order valence-corrected chi connectivity index (χ3v) is 9.23. The monoisotopic (exact) mass is 311 g/mol. The molecule has 1 nitrogen and oxygen atoms in total. The summed E-state index contributed by atoms with van der Waals surface area (Å²) in [6, 6.07) is 0. The molecule has 2 aromatic heterocycles. The second-order valence-corrected chi connectivity index (χ2v) is 10.0. The van der Waals surface area contributed by atoms with Crippen LogP contribution in [0.4, 0.5) is 0 Å². The minimum atomic E-state index is 0.501. The quantitative estimate of drug-likeness (QED) is 0.529. The maximum atomic E-state index is 5.29. The van der Waals surface area contributed by atoms with E-state index in [1.54, 1.807) is 8.52 Å². The SMILES string of the molecule is Cc1c2[se]c(=S)[se]c2c(C)n1C. The Morgan fingerprint density at radius 2 is 1.50 bits per heavy atom. The summed E-state index contributed by atoms with van der Waals surface area (Å²) in [5.41, 5.74) is 2.87. The Morgan fingerprint density at radius 1 is 1.08 bits per heavy atom. The van der Waals surface area contributed by atoms with Gasteiger partial charge in [-0.2, -0.15) is 0 Å². The van der Waals surface area contributed by atoms with Crippen LogP contribution in [0.1, 0.15) is 11.4 Å². The van der Waals surface area contributed by atoms with Crippen LogP contribution >= 0.6 is 12.2 Å². The molecule has 0 bridgehead atoms. The number of aryl methyl sites for hydroxylation is 2. The predicted molar refractivity (Wildman–Crippen MR) is 57.1 cm³/mol. The van der Waals surface area contributed by atoms with Gasteiger partial charge in [0.25, 0.3) is 0 Å². The van der Waals surface area contributed by atoms with Crippen LogP contribution in [0.5, 0.6) is 0 Å². The Balaban J connectivity index is 3.04. The molecule has 0 N–H and O–H groups in total. The first-order valence-electron chi connectivity index (χ1n) is 3.67. The van der Waals surface area contributed by atoms with E-state index in [1.165, 1.54) is 13.6 Å². The summed E-state index contributed by atoms with van der Waals surface area (Å²) < 4.78 is 6.78. The zero-order valence-electron chi connectivity index (χ0n) is 7.17. The van der Waals surface area contributed by atoms with Crippen LogP contribution in [-0.2, 0) is 7.05 Å². The van der Waals surface area contributed by atoms with Crippen LogP contribution < -0.4 is 0 Å². The van der Waals surface area contributed by atoms with Crippen molar-refractivity contribution in [2.75, 3.05) is 0 Å². The van der Waals surface area contributed by atoms with Crippen LogP contribution in [0.3, 0.4) is 0 Å². The van der Waals surface area contributed by atoms with E-state index in [0.29, 0.717) is 29.0 Å². The molecular formula is C8H9NSSe2. The van der Waals surface area contributed by atoms with Gasteiger partial charge in [-0.1, -0.05) is 0 Å². The van der Waals surface area contributed by atoms with Crippen LogP contribution in [-0.4, -0.2) is 33.6 Å². The van der Waals surface area contributed by atoms with Gasteiger partial charge < -0.3 is 0 Å². The number of aromatic nitrogens is 1. The second-order valence-electron chi connectivity index (χ2n) is 2.84. The van der Waals surface area contributed by atoms with E-state index in [2.05, 4.69) is 25.5 Å². The summed E-state index contributed by atoms with van der Waals surface area (Å²) in [6.07, 6.45) is 0. The van der Waals surface area contributed by atoms with Crippen molar-refractivity contribution in [2.24, 2.45) is 7.05 Å². The molecule has 0 saturated heterocycles. The van der Waals surface area contributed by atoms with Gasteiger partial charge in [0.15, 0.2) is 0 Å². The molecule has 0 aliphatic rings. The molecule has 0 radical (unpaired) electrons. The fourth-order valence-corrected chi connectivity index (χ4v) is 8.35. The van der Waals surface area contributed by atoms with Gasteiger partial charge in [-0.3, -0.25) is 0 Å². The Kier molecular flexibility index (Phi) is 2.22. The Morgan fingerprint density at radius 3 is 1.92 bits per heavy atom. The molecule has 0 saturated carbocycles. The molecule has 2 aromatic rings. The molecule has 64 valence electrons. The van der Waals surface area contributed by atoms with Crippen LogP contribution in [0.15, 0.2) is 0 Å². The average molecular weight is 309 g/mol. The van der Waals surface area contributed by atoms with Gasteiger partial charge in [-0.15, -0.1) is 0 Å². The Hall–Kier alpha value is 0.409. The van der Waals surface area contributed by atoms with Crippen molar-refractivity contribution in [1.29, 1.82) is 0 Å². The van der Waals surface area contributed by atoms with Gasteiger partial charge in [-0.05, 0) is 0 Å². The molecule has 2 rings (SSSR count). The molecule has 0 amide bonds. The van der Waals surface area contributed by atoms with Gasteiger partial charge in [0, 0.05) is 0 Å². The van der Waals surface area contributed by atoms with Gasteiger partial charge in [0.1, 0.15) is 0 Å². The van der Waals surface area contributed by atoms with E-state index in [9.17, 15) is 0 Å². The van der Waals surface area contributed by atoms with Crippen molar-refractivity contribution < 1.29 is 0 Å². The summed E-state index contributed by atoms with van der Waals surface area (Å²) >= 11 is 6.29. The number of rotatable bonds is 0. The third-order valence-electron chi connectivity index (χ3n) is 2.24. The number of nitrogens with zero attached hydrogens (tertiary/aromatic N) is 1. The van der Waals surface area contributed by atoms with Gasteiger partial charge in [0.05, 0.1) is 0 Å². The van der Waals surface area contributed by atoms with Crippen LogP contribution in [0.25, 0.3) is 8.52 Å². The van der Waals surface area contributed by atoms with Crippen molar-refractivity contribution >= 4 is 49.7 Å². The molecule has 0 spiro atoms. The zero-order chi connectivity index (χ0) is 8.88. The molecule has 12 heavy (non-hydrogen) atoms. The summed E-state index contributed by atoms with van der Waals surface area (Å²) in [6.45, 7) is 4.41. The molecule has 0 aliphatic heterocycles. The van der Waals surface area contributed by atoms with E-state index < -0.39 is 0 Å². The van der Waals surface area contributed by atoms with E-state index in [4.69, 9.17) is 12.2 Å². The topological polar surface area (TPSA) is 4.93 Å². The van der Waals surface area contributed by atoms with Crippen LogP contribution in [0, 0.1) is 16.1 Å². The number of hydrogen-bond donors (Lipinski definition) is 0. The summed E-state index contributed by atoms with van der Waals surface area (Å²) in [7, 11) is 2.15. The van der Waals surface area contributed by atoms with E-state index in [1.807, 2.05) is 0 Å². The molecule has 0 unspecified atom stereocenters. The first-order valence-corrected chi connectivity index (χ1v) is 7.50. The number of hydrogen-bond acceptors (Lipinski definition) is 1. The third kappa shape index (κ3) is 1.14. The van der Waals surface area contributed by atoms with Crippen molar-refractivity contribution in [1.82, 2.24) is 4.57 Å². The second kappa shape index (κ2) is 2.97. The maximum absolute atomic E-state index is 5.29. The molecule has 4 heteroatoms. The number of fused-ring (bicyclic) bond motifs is 1. The van der Waals surface area contributed by atoms with Crippen molar-refractivity contribution in [3.8, 4) is 0 Å². The first-order chi connectivity index (χ1) is 5.61. The zero-order valence-corrected chi connectivity index (χ0v) is 11.4.